The molecule has 0 saturated heterocycles. The summed E-state index contributed by atoms with van der Waals surface area (Å²) in [5, 5.41) is 0. The van der Waals surface area contributed by atoms with Gasteiger partial charge in [0.15, 0.2) is 5.78 Å². The van der Waals surface area contributed by atoms with Crippen LogP contribution in [0.3, 0.4) is 0 Å². The van der Waals surface area contributed by atoms with Gasteiger partial charge in [-0.15, -0.1) is 11.3 Å². The largest absolute Gasteiger partial charge is 0.293 e. The lowest BCUT2D eigenvalue weighted by Gasteiger charge is -2.06. The molecule has 3 aromatic rings. The molecule has 0 radical (unpaired) electrons. The van der Waals surface area contributed by atoms with E-state index in [9.17, 15) is 4.79 Å². The number of hydrogen-bond acceptors (Lipinski definition) is 2. The molecule has 0 aliphatic heterocycles. The molecule has 2 aromatic carbocycles. The SMILES string of the molecule is CC.Cc1ccc(Cc2sc(C(=O)CCc3ccc(C)cc3C)c(C)c2C)cc1.[HH]. The highest BCUT2D eigenvalue weighted by atomic mass is 32.1. The molecule has 1 nitrogen and oxygen atoms in total. The molecule has 0 spiro atoms. The van der Waals surface area contributed by atoms with Crippen LogP contribution in [0.15, 0.2) is 42.5 Å². The van der Waals surface area contributed by atoms with Crippen molar-refractivity contribution < 1.29 is 6.22 Å². The lowest BCUT2D eigenvalue weighted by molar-refractivity contribution is 0.0986. The highest BCUT2D eigenvalue weighted by Crippen LogP contribution is 2.31. The average molecular weight is 409 g/mol. The fourth-order valence-corrected chi connectivity index (χ4v) is 4.78. The molecule has 2 heteroatoms. The van der Waals surface area contributed by atoms with Crippen molar-refractivity contribution in [3.05, 3.63) is 91.2 Å². The summed E-state index contributed by atoms with van der Waals surface area (Å²) >= 11 is 1.69. The molecule has 0 aliphatic rings. The Morgan fingerprint density at radius 2 is 1.48 bits per heavy atom. The summed E-state index contributed by atoms with van der Waals surface area (Å²) in [6.45, 7) is 14.6. The maximum absolute atomic E-state index is 12.9. The number of benzene rings is 2. The van der Waals surface area contributed by atoms with E-state index in [0.717, 1.165) is 23.3 Å². The number of hydrogen-bond donors (Lipinski definition) is 0. The fourth-order valence-electron chi connectivity index (χ4n) is 3.47. The Bertz CT molecular complexity index is 967. The van der Waals surface area contributed by atoms with Gasteiger partial charge in [0.1, 0.15) is 0 Å². The van der Waals surface area contributed by atoms with E-state index in [1.807, 2.05) is 13.8 Å². The lowest BCUT2D eigenvalue weighted by atomic mass is 9.99. The van der Waals surface area contributed by atoms with Crippen LogP contribution in [0.1, 0.15) is 75.2 Å². The van der Waals surface area contributed by atoms with Gasteiger partial charge in [0, 0.05) is 19.1 Å². The number of aryl methyl sites for hydroxylation is 4. The van der Waals surface area contributed by atoms with Crippen LogP contribution < -0.4 is 0 Å². The van der Waals surface area contributed by atoms with Crippen LogP contribution in [-0.4, -0.2) is 5.78 Å². The van der Waals surface area contributed by atoms with Crippen LogP contribution in [0.4, 0.5) is 0 Å². The minimum absolute atomic E-state index is 0. The molecule has 156 valence electrons. The van der Waals surface area contributed by atoms with Crippen molar-refractivity contribution in [2.75, 3.05) is 0 Å². The molecule has 1 aromatic heterocycles. The first-order valence-corrected chi connectivity index (χ1v) is 11.4. The van der Waals surface area contributed by atoms with Crippen molar-refractivity contribution in [3.8, 4) is 0 Å². The standard InChI is InChI=1S/C25H28OS.C2H6.H2/c1-16-6-9-21(10-7-16)15-24-19(4)20(5)25(27-24)23(26)13-12-22-11-8-17(2)14-18(22)3;1-2;/h6-11,14H,12-13,15H2,1-5H3;1-2H3;1H. The van der Waals surface area contributed by atoms with Crippen molar-refractivity contribution in [1.82, 2.24) is 0 Å². The third-order valence-electron chi connectivity index (χ3n) is 5.40. The first kappa shape index (κ1) is 23.1. The Morgan fingerprint density at radius 1 is 0.862 bits per heavy atom. The molecule has 1 heterocycles. The molecule has 0 fully saturated rings. The Morgan fingerprint density at radius 3 is 2.10 bits per heavy atom. The summed E-state index contributed by atoms with van der Waals surface area (Å²) in [5.74, 6) is 0.274. The van der Waals surface area contributed by atoms with Gasteiger partial charge in [-0.2, -0.15) is 0 Å². The first-order valence-electron chi connectivity index (χ1n) is 10.6. The van der Waals surface area contributed by atoms with Gasteiger partial charge in [-0.3, -0.25) is 4.79 Å². The Hall–Kier alpha value is -2.19. The minimum atomic E-state index is 0. The third kappa shape index (κ3) is 5.90. The zero-order valence-corrected chi connectivity index (χ0v) is 19.8. The zero-order chi connectivity index (χ0) is 21.6. The summed E-state index contributed by atoms with van der Waals surface area (Å²) in [6, 6.07) is 15.2. The molecule has 0 N–H and O–H groups in total. The number of thiophene rings is 1. The molecule has 0 saturated carbocycles. The topological polar surface area (TPSA) is 17.1 Å². The second-order valence-electron chi connectivity index (χ2n) is 7.62. The van der Waals surface area contributed by atoms with Crippen LogP contribution >= 0.6 is 11.3 Å². The Kier molecular flexibility index (Phi) is 8.40. The van der Waals surface area contributed by atoms with E-state index in [0.29, 0.717) is 6.42 Å². The van der Waals surface area contributed by atoms with Crippen LogP contribution in [0.5, 0.6) is 0 Å². The molecule has 0 bridgehead atoms. The van der Waals surface area contributed by atoms with Gasteiger partial charge in [-0.25, -0.2) is 0 Å². The third-order valence-corrected chi connectivity index (χ3v) is 6.84. The predicted octanol–water partition coefficient (Wildman–Crippen LogP) is 7.97. The second kappa shape index (κ2) is 10.5. The Balaban J connectivity index is 0.00000146. The quantitative estimate of drug-likeness (QED) is 0.378. The van der Waals surface area contributed by atoms with Crippen molar-refractivity contribution >= 4 is 17.1 Å². The maximum Gasteiger partial charge on any atom is 0.173 e. The summed E-state index contributed by atoms with van der Waals surface area (Å²) in [7, 11) is 0. The highest BCUT2D eigenvalue weighted by Gasteiger charge is 2.18. The smallest absolute Gasteiger partial charge is 0.173 e. The van der Waals surface area contributed by atoms with Crippen molar-refractivity contribution in [2.45, 2.75) is 67.7 Å². The van der Waals surface area contributed by atoms with Gasteiger partial charge >= 0.3 is 0 Å². The number of rotatable bonds is 6. The molecule has 29 heavy (non-hydrogen) atoms. The Labute approximate surface area is 182 Å². The minimum Gasteiger partial charge on any atom is -0.293 e. The summed E-state index contributed by atoms with van der Waals surface area (Å²) in [6.07, 6.45) is 2.30. The molecule has 0 unspecified atom stereocenters. The maximum atomic E-state index is 12.9. The van der Waals surface area contributed by atoms with Crippen molar-refractivity contribution in [2.24, 2.45) is 0 Å². The van der Waals surface area contributed by atoms with Crippen LogP contribution in [-0.2, 0) is 12.8 Å². The van der Waals surface area contributed by atoms with E-state index in [1.165, 1.54) is 38.3 Å². The summed E-state index contributed by atoms with van der Waals surface area (Å²) in [5.41, 5.74) is 8.84. The normalized spacial score (nSPS) is 10.4. The fraction of sp³-hybridized carbons (Fsp3) is 0.370. The first-order chi connectivity index (χ1) is 13.8. The van der Waals surface area contributed by atoms with Crippen molar-refractivity contribution in [3.63, 3.8) is 0 Å². The van der Waals surface area contributed by atoms with Crippen LogP contribution in [0.2, 0.25) is 0 Å². The monoisotopic (exact) mass is 408 g/mol. The van der Waals surface area contributed by atoms with E-state index < -0.39 is 0 Å². The van der Waals surface area contributed by atoms with Gasteiger partial charge in [-0.05, 0) is 68.9 Å². The summed E-state index contributed by atoms with van der Waals surface area (Å²) < 4.78 is 0. The van der Waals surface area contributed by atoms with Gasteiger partial charge in [0.25, 0.3) is 0 Å². The molecule has 3 rings (SSSR count). The van der Waals surface area contributed by atoms with Gasteiger partial charge in [0.05, 0.1) is 4.88 Å². The molecule has 0 aliphatic carbocycles. The van der Waals surface area contributed by atoms with Gasteiger partial charge in [0.2, 0.25) is 0 Å². The van der Waals surface area contributed by atoms with Crippen LogP contribution in [0, 0.1) is 34.6 Å². The molecular formula is C27H36OS. The van der Waals surface area contributed by atoms with E-state index in [4.69, 9.17) is 0 Å². The van der Waals surface area contributed by atoms with E-state index in [1.54, 1.807) is 11.3 Å². The zero-order valence-electron chi connectivity index (χ0n) is 19.0. The molecular weight excluding hydrogens is 372 g/mol. The second-order valence-corrected chi connectivity index (χ2v) is 8.73. The molecule has 0 atom stereocenters. The highest BCUT2D eigenvalue weighted by molar-refractivity contribution is 7.14. The van der Waals surface area contributed by atoms with Gasteiger partial charge < -0.3 is 0 Å². The van der Waals surface area contributed by atoms with Crippen molar-refractivity contribution in [1.29, 1.82) is 0 Å². The van der Waals surface area contributed by atoms with Crippen LogP contribution in [0.25, 0.3) is 0 Å². The number of carbonyl (C=O) groups is 1. The predicted molar refractivity (Wildman–Crippen MR) is 130 cm³/mol. The average Bonchev–Trinajstić information content (AvgIpc) is 2.99. The number of carbonyl (C=O) groups excluding carboxylic acids is 1. The molecule has 0 amide bonds. The van der Waals surface area contributed by atoms with Gasteiger partial charge in [-0.1, -0.05) is 67.4 Å². The summed E-state index contributed by atoms with van der Waals surface area (Å²) in [4.78, 5) is 15.1. The van der Waals surface area contributed by atoms with E-state index in [2.05, 4.69) is 77.1 Å². The van der Waals surface area contributed by atoms with E-state index >= 15 is 0 Å². The lowest BCUT2D eigenvalue weighted by Crippen LogP contribution is -2.02. The van der Waals surface area contributed by atoms with E-state index in [-0.39, 0.29) is 7.21 Å². The number of Topliss-reactive ketones (excluding diaryl/α,β-unsaturated/α-hetero) is 1. The number of ketones is 1.